The van der Waals surface area contributed by atoms with Crippen LogP contribution in [0.25, 0.3) is 0 Å². The molecule has 2 aliphatic carbocycles. The summed E-state index contributed by atoms with van der Waals surface area (Å²) in [5.41, 5.74) is 4.87. The molecule has 1 aromatic heterocycles. The molecule has 2 aromatic rings. The van der Waals surface area contributed by atoms with Crippen LogP contribution in [-0.2, 0) is 11.8 Å². The summed E-state index contributed by atoms with van der Waals surface area (Å²) in [6.07, 6.45) is 7.54. The van der Waals surface area contributed by atoms with E-state index in [0.717, 1.165) is 6.42 Å². The molecule has 28 heavy (non-hydrogen) atoms. The molecule has 1 N–H and O–H groups in total. The number of aryl methyl sites for hydroxylation is 1. The van der Waals surface area contributed by atoms with E-state index >= 15 is 0 Å². The minimum atomic E-state index is -0.101. The molecule has 1 saturated carbocycles. The second-order valence-electron chi connectivity index (χ2n) is 9.75. The van der Waals surface area contributed by atoms with E-state index in [1.54, 1.807) is 29.5 Å². The van der Waals surface area contributed by atoms with Gasteiger partial charge in [-0.3, -0.25) is 4.79 Å². The van der Waals surface area contributed by atoms with E-state index in [1.165, 1.54) is 31.2 Å². The van der Waals surface area contributed by atoms with Gasteiger partial charge >= 0.3 is 0 Å². The quantitative estimate of drug-likeness (QED) is 0.725. The third-order valence-electron chi connectivity index (χ3n) is 7.57. The van der Waals surface area contributed by atoms with Gasteiger partial charge in [-0.25, -0.2) is 0 Å². The van der Waals surface area contributed by atoms with E-state index in [-0.39, 0.29) is 16.7 Å². The fourth-order valence-electron chi connectivity index (χ4n) is 5.99. The standard InChI is InChI=1S/C25H33NO2/c1-17(2)18-8-10-20-19(15-18)9-11-22-24(3,12-6-13-25(20,22)4)16-26-23(27)21-7-5-14-28-21/h5,7-8,10,14-15,17,22H,6,9,11-13,16H2,1-4H3,(H,26,27)/t22-,24-,25+/m0/s1. The summed E-state index contributed by atoms with van der Waals surface area (Å²) in [7, 11) is 0. The van der Waals surface area contributed by atoms with Crippen LogP contribution in [0.3, 0.4) is 0 Å². The zero-order valence-corrected chi connectivity index (χ0v) is 17.7. The van der Waals surface area contributed by atoms with Crippen LogP contribution in [0.2, 0.25) is 0 Å². The van der Waals surface area contributed by atoms with Gasteiger partial charge in [0.05, 0.1) is 6.26 Å². The average Bonchev–Trinajstić information content (AvgIpc) is 3.20. The molecule has 150 valence electrons. The largest absolute Gasteiger partial charge is 0.459 e. The van der Waals surface area contributed by atoms with E-state index in [4.69, 9.17) is 4.42 Å². The minimum absolute atomic E-state index is 0.101. The molecule has 0 unspecified atom stereocenters. The zero-order valence-electron chi connectivity index (χ0n) is 17.7. The van der Waals surface area contributed by atoms with E-state index in [2.05, 4.69) is 51.2 Å². The summed E-state index contributed by atoms with van der Waals surface area (Å²) < 4.78 is 5.26. The number of carbonyl (C=O) groups excluding carboxylic acids is 1. The second-order valence-corrected chi connectivity index (χ2v) is 9.75. The molecule has 0 aliphatic heterocycles. The molecule has 1 heterocycles. The lowest BCUT2D eigenvalue weighted by Gasteiger charge is -2.55. The van der Waals surface area contributed by atoms with Gasteiger partial charge in [0.1, 0.15) is 0 Å². The Kier molecular flexibility index (Phi) is 4.89. The number of amides is 1. The lowest BCUT2D eigenvalue weighted by Crippen LogP contribution is -2.53. The number of carbonyl (C=O) groups is 1. The van der Waals surface area contributed by atoms with Gasteiger partial charge in [0.15, 0.2) is 5.76 Å². The van der Waals surface area contributed by atoms with Crippen molar-refractivity contribution >= 4 is 5.91 Å². The smallest absolute Gasteiger partial charge is 0.286 e. The monoisotopic (exact) mass is 379 g/mol. The third kappa shape index (κ3) is 3.19. The van der Waals surface area contributed by atoms with Crippen molar-refractivity contribution in [1.82, 2.24) is 5.32 Å². The maximum atomic E-state index is 12.4. The fraction of sp³-hybridized carbons (Fsp3) is 0.560. The predicted molar refractivity (Wildman–Crippen MR) is 113 cm³/mol. The van der Waals surface area contributed by atoms with Crippen molar-refractivity contribution in [3.05, 3.63) is 59.0 Å². The van der Waals surface area contributed by atoms with Gasteiger partial charge in [-0.2, -0.15) is 0 Å². The van der Waals surface area contributed by atoms with Gasteiger partial charge in [-0.1, -0.05) is 52.3 Å². The molecule has 4 rings (SSSR count). The summed E-state index contributed by atoms with van der Waals surface area (Å²) in [6.45, 7) is 10.1. The van der Waals surface area contributed by atoms with Gasteiger partial charge in [-0.05, 0) is 77.2 Å². The van der Waals surface area contributed by atoms with Crippen molar-refractivity contribution in [2.75, 3.05) is 6.54 Å². The minimum Gasteiger partial charge on any atom is -0.459 e. The summed E-state index contributed by atoms with van der Waals surface area (Å²) in [6, 6.07) is 10.7. The molecule has 3 nitrogen and oxygen atoms in total. The summed E-state index contributed by atoms with van der Waals surface area (Å²) in [5.74, 6) is 1.46. The molecule has 0 bridgehead atoms. The molecule has 1 fully saturated rings. The predicted octanol–water partition coefficient (Wildman–Crippen LogP) is 5.84. The highest BCUT2D eigenvalue weighted by Gasteiger charge is 2.51. The number of hydrogen-bond donors (Lipinski definition) is 1. The van der Waals surface area contributed by atoms with Crippen LogP contribution in [0.4, 0.5) is 0 Å². The first-order chi connectivity index (χ1) is 13.3. The van der Waals surface area contributed by atoms with Gasteiger partial charge in [0, 0.05) is 6.54 Å². The van der Waals surface area contributed by atoms with Gasteiger partial charge < -0.3 is 9.73 Å². The number of hydrogen-bond acceptors (Lipinski definition) is 2. The topological polar surface area (TPSA) is 42.2 Å². The van der Waals surface area contributed by atoms with E-state index in [9.17, 15) is 4.79 Å². The Morgan fingerprint density at radius 1 is 1.25 bits per heavy atom. The lowest BCUT2D eigenvalue weighted by atomic mass is 9.49. The summed E-state index contributed by atoms with van der Waals surface area (Å²) in [5, 5.41) is 3.16. The van der Waals surface area contributed by atoms with E-state index < -0.39 is 0 Å². The Hall–Kier alpha value is -2.03. The first kappa shape index (κ1) is 19.3. The number of nitrogens with one attached hydrogen (secondary N) is 1. The Balaban J connectivity index is 1.58. The molecule has 0 radical (unpaired) electrons. The molecule has 0 saturated heterocycles. The Bertz CT molecular complexity index is 853. The fourth-order valence-corrected chi connectivity index (χ4v) is 5.99. The van der Waals surface area contributed by atoms with E-state index in [1.807, 2.05) is 0 Å². The SMILES string of the molecule is CC(C)c1ccc2c(c1)CC[C@H]1[C@](C)(CNC(=O)c3ccco3)CCC[C@]21C. The Morgan fingerprint density at radius 3 is 2.79 bits per heavy atom. The van der Waals surface area contributed by atoms with Crippen molar-refractivity contribution in [2.24, 2.45) is 11.3 Å². The highest BCUT2D eigenvalue weighted by atomic mass is 16.3. The van der Waals surface area contributed by atoms with Crippen molar-refractivity contribution in [3.63, 3.8) is 0 Å². The average molecular weight is 380 g/mol. The number of benzene rings is 1. The third-order valence-corrected chi connectivity index (χ3v) is 7.57. The molecule has 0 spiro atoms. The van der Waals surface area contributed by atoms with Crippen molar-refractivity contribution in [1.29, 1.82) is 0 Å². The van der Waals surface area contributed by atoms with Crippen molar-refractivity contribution in [2.45, 2.75) is 71.1 Å². The molecule has 1 aromatic carbocycles. The maximum absolute atomic E-state index is 12.4. The molecule has 2 aliphatic rings. The van der Waals surface area contributed by atoms with Crippen LogP contribution < -0.4 is 5.32 Å². The molecular weight excluding hydrogens is 346 g/mol. The van der Waals surface area contributed by atoms with Gasteiger partial charge in [0.25, 0.3) is 5.91 Å². The highest BCUT2D eigenvalue weighted by Crippen LogP contribution is 2.57. The second kappa shape index (κ2) is 7.09. The van der Waals surface area contributed by atoms with Crippen LogP contribution in [-0.4, -0.2) is 12.5 Å². The number of rotatable bonds is 4. The Morgan fingerprint density at radius 2 is 2.07 bits per heavy atom. The van der Waals surface area contributed by atoms with Crippen molar-refractivity contribution < 1.29 is 9.21 Å². The van der Waals surface area contributed by atoms with Crippen LogP contribution in [0, 0.1) is 11.3 Å². The van der Waals surface area contributed by atoms with Gasteiger partial charge in [0.2, 0.25) is 0 Å². The maximum Gasteiger partial charge on any atom is 0.286 e. The van der Waals surface area contributed by atoms with Crippen LogP contribution in [0.1, 0.15) is 86.5 Å². The number of furan rings is 1. The first-order valence-corrected chi connectivity index (χ1v) is 10.8. The molecular formula is C25H33NO2. The summed E-state index contributed by atoms with van der Waals surface area (Å²) in [4.78, 5) is 12.4. The lowest BCUT2D eigenvalue weighted by molar-refractivity contribution is 0.0251. The Labute approximate surface area is 168 Å². The zero-order chi connectivity index (χ0) is 19.9. The number of fused-ring (bicyclic) bond motifs is 3. The highest BCUT2D eigenvalue weighted by molar-refractivity contribution is 5.91. The molecule has 1 amide bonds. The van der Waals surface area contributed by atoms with Crippen LogP contribution in [0.5, 0.6) is 0 Å². The van der Waals surface area contributed by atoms with Crippen LogP contribution in [0.15, 0.2) is 41.0 Å². The first-order valence-electron chi connectivity index (χ1n) is 10.8. The van der Waals surface area contributed by atoms with Gasteiger partial charge in [-0.15, -0.1) is 0 Å². The normalized spacial score (nSPS) is 29.2. The van der Waals surface area contributed by atoms with Crippen LogP contribution >= 0.6 is 0 Å². The molecule has 3 heteroatoms. The van der Waals surface area contributed by atoms with E-state index in [0.29, 0.717) is 24.1 Å². The van der Waals surface area contributed by atoms with Crippen molar-refractivity contribution in [3.8, 4) is 0 Å². The molecule has 3 atom stereocenters. The summed E-state index contributed by atoms with van der Waals surface area (Å²) >= 11 is 0.